The minimum absolute atomic E-state index is 0.732. The molecule has 1 aromatic carbocycles. The van der Waals surface area contributed by atoms with Gasteiger partial charge < -0.3 is 5.73 Å². The predicted molar refractivity (Wildman–Crippen MR) is 63.1 cm³/mol. The lowest BCUT2D eigenvalue weighted by Gasteiger charge is -2.05. The number of hydrogen-bond donors (Lipinski definition) is 1. The van der Waals surface area contributed by atoms with Crippen molar-refractivity contribution in [3.8, 4) is 0 Å². The fraction of sp³-hybridized carbons (Fsp3) is 0.385. The van der Waals surface area contributed by atoms with Gasteiger partial charge in [0.25, 0.3) is 0 Å². The summed E-state index contributed by atoms with van der Waals surface area (Å²) in [5.74, 6) is 0. The van der Waals surface area contributed by atoms with E-state index in [0.717, 1.165) is 19.4 Å². The highest BCUT2D eigenvalue weighted by Crippen LogP contribution is 2.18. The monoisotopic (exact) mass is 189 g/mol. The summed E-state index contributed by atoms with van der Waals surface area (Å²) >= 11 is 0. The van der Waals surface area contributed by atoms with Gasteiger partial charge in [0.2, 0.25) is 0 Å². The highest BCUT2D eigenvalue weighted by atomic mass is 14.5. The molecule has 1 rings (SSSR count). The molecule has 1 heteroatoms. The third-order valence-electron chi connectivity index (χ3n) is 2.36. The Morgan fingerprint density at radius 1 is 1.29 bits per heavy atom. The van der Waals surface area contributed by atoms with Crippen LogP contribution < -0.4 is 5.73 Å². The van der Waals surface area contributed by atoms with Crippen LogP contribution >= 0.6 is 0 Å². The molecule has 0 spiro atoms. The molecule has 14 heavy (non-hydrogen) atoms. The lowest BCUT2D eigenvalue weighted by Crippen LogP contribution is -1.96. The van der Waals surface area contributed by atoms with Crippen molar-refractivity contribution >= 4 is 5.57 Å². The number of benzene rings is 1. The van der Waals surface area contributed by atoms with E-state index >= 15 is 0 Å². The summed E-state index contributed by atoms with van der Waals surface area (Å²) in [4.78, 5) is 0. The molecule has 1 nitrogen and oxygen atoms in total. The van der Waals surface area contributed by atoms with Gasteiger partial charge in [0.15, 0.2) is 0 Å². The Kier molecular flexibility index (Phi) is 4.41. The van der Waals surface area contributed by atoms with Gasteiger partial charge in [0.05, 0.1) is 0 Å². The molecule has 2 N–H and O–H groups in total. The van der Waals surface area contributed by atoms with Crippen molar-refractivity contribution in [2.75, 3.05) is 6.54 Å². The molecule has 1 aromatic rings. The van der Waals surface area contributed by atoms with Crippen LogP contribution in [-0.2, 0) is 0 Å². The Morgan fingerprint density at radius 3 is 2.43 bits per heavy atom. The van der Waals surface area contributed by atoms with Crippen LogP contribution in [0.4, 0.5) is 0 Å². The van der Waals surface area contributed by atoms with Crippen molar-refractivity contribution in [3.63, 3.8) is 0 Å². The van der Waals surface area contributed by atoms with Gasteiger partial charge in [-0.1, -0.05) is 42.8 Å². The van der Waals surface area contributed by atoms with Crippen LogP contribution in [0.25, 0.3) is 5.57 Å². The molecule has 0 saturated carbocycles. The zero-order valence-corrected chi connectivity index (χ0v) is 9.09. The third kappa shape index (κ3) is 3.00. The summed E-state index contributed by atoms with van der Waals surface area (Å²) in [5, 5.41) is 0. The molecule has 0 unspecified atom stereocenters. The molecule has 0 aliphatic rings. The highest BCUT2D eigenvalue weighted by Gasteiger charge is 1.97. The average molecular weight is 189 g/mol. The summed E-state index contributed by atoms with van der Waals surface area (Å²) in [6.07, 6.45) is 4.28. The van der Waals surface area contributed by atoms with Gasteiger partial charge in [0, 0.05) is 0 Å². The Morgan fingerprint density at radius 2 is 1.93 bits per heavy atom. The molecule has 0 radical (unpaired) electrons. The number of hydrogen-bond acceptors (Lipinski definition) is 1. The molecule has 76 valence electrons. The van der Waals surface area contributed by atoms with E-state index in [2.05, 4.69) is 44.2 Å². The molecular formula is C13H19N. The number of aryl methyl sites for hydroxylation is 1. The lowest BCUT2D eigenvalue weighted by atomic mass is 10.0. The van der Waals surface area contributed by atoms with Crippen molar-refractivity contribution < 1.29 is 0 Å². The molecular weight excluding hydrogens is 170 g/mol. The zero-order valence-electron chi connectivity index (χ0n) is 9.09. The SMILES string of the molecule is CCC(=CCCN)c1ccc(C)cc1. The average Bonchev–Trinajstić information content (AvgIpc) is 2.21. The Hall–Kier alpha value is -1.08. The van der Waals surface area contributed by atoms with Crippen LogP contribution in [0.15, 0.2) is 30.3 Å². The largest absolute Gasteiger partial charge is 0.330 e. The van der Waals surface area contributed by atoms with E-state index in [0.29, 0.717) is 0 Å². The van der Waals surface area contributed by atoms with Crippen molar-refractivity contribution in [3.05, 3.63) is 41.5 Å². The Bertz CT molecular complexity index is 296. The first-order chi connectivity index (χ1) is 6.77. The maximum atomic E-state index is 5.49. The summed E-state index contributed by atoms with van der Waals surface area (Å²) in [6, 6.07) is 8.67. The van der Waals surface area contributed by atoms with Crippen molar-refractivity contribution in [1.82, 2.24) is 0 Å². The van der Waals surface area contributed by atoms with E-state index in [4.69, 9.17) is 5.73 Å². The first kappa shape index (κ1) is 11.0. The summed E-state index contributed by atoms with van der Waals surface area (Å²) < 4.78 is 0. The minimum atomic E-state index is 0.732. The number of allylic oxidation sites excluding steroid dienone is 1. The van der Waals surface area contributed by atoms with Gasteiger partial charge in [-0.05, 0) is 37.4 Å². The molecule has 0 fully saturated rings. The van der Waals surface area contributed by atoms with Gasteiger partial charge in [-0.2, -0.15) is 0 Å². The second kappa shape index (κ2) is 5.61. The Labute approximate surface area is 86.6 Å². The summed E-state index contributed by atoms with van der Waals surface area (Å²) in [5.41, 5.74) is 9.52. The third-order valence-corrected chi connectivity index (χ3v) is 2.36. The van der Waals surface area contributed by atoms with Gasteiger partial charge in [-0.3, -0.25) is 0 Å². The quantitative estimate of drug-likeness (QED) is 0.773. The van der Waals surface area contributed by atoms with E-state index in [1.165, 1.54) is 16.7 Å². The molecule has 0 atom stereocenters. The second-order valence-corrected chi connectivity index (χ2v) is 3.53. The van der Waals surface area contributed by atoms with Crippen molar-refractivity contribution in [2.45, 2.75) is 26.7 Å². The van der Waals surface area contributed by atoms with Crippen molar-refractivity contribution in [2.24, 2.45) is 5.73 Å². The van der Waals surface area contributed by atoms with Crippen LogP contribution in [0, 0.1) is 6.92 Å². The van der Waals surface area contributed by atoms with Crippen molar-refractivity contribution in [1.29, 1.82) is 0 Å². The molecule has 0 aromatic heterocycles. The van der Waals surface area contributed by atoms with Crippen LogP contribution in [0.5, 0.6) is 0 Å². The number of nitrogens with two attached hydrogens (primary N) is 1. The molecule has 0 saturated heterocycles. The molecule has 0 bridgehead atoms. The standard InChI is InChI=1S/C13H19N/c1-3-12(5-4-10-14)13-8-6-11(2)7-9-13/h5-9H,3-4,10,14H2,1-2H3. The predicted octanol–water partition coefficient (Wildman–Crippen LogP) is 3.14. The second-order valence-electron chi connectivity index (χ2n) is 3.53. The van der Waals surface area contributed by atoms with Crippen LogP contribution in [0.3, 0.4) is 0 Å². The maximum absolute atomic E-state index is 5.49. The van der Waals surface area contributed by atoms with E-state index in [-0.39, 0.29) is 0 Å². The smallest absolute Gasteiger partial charge is 0.00424 e. The van der Waals surface area contributed by atoms with E-state index < -0.39 is 0 Å². The van der Waals surface area contributed by atoms with Gasteiger partial charge >= 0.3 is 0 Å². The van der Waals surface area contributed by atoms with Crippen LogP contribution in [0.1, 0.15) is 30.9 Å². The Balaban J connectivity index is 2.84. The first-order valence-electron chi connectivity index (χ1n) is 5.24. The normalized spacial score (nSPS) is 11.8. The van der Waals surface area contributed by atoms with E-state index in [1.54, 1.807) is 0 Å². The maximum Gasteiger partial charge on any atom is -0.00424 e. The van der Waals surface area contributed by atoms with Crippen LogP contribution in [-0.4, -0.2) is 6.54 Å². The highest BCUT2D eigenvalue weighted by molar-refractivity contribution is 5.65. The molecule has 0 aliphatic heterocycles. The summed E-state index contributed by atoms with van der Waals surface area (Å²) in [6.45, 7) is 5.02. The van der Waals surface area contributed by atoms with E-state index in [1.807, 2.05) is 0 Å². The fourth-order valence-electron chi connectivity index (χ4n) is 1.49. The van der Waals surface area contributed by atoms with Crippen LogP contribution in [0.2, 0.25) is 0 Å². The topological polar surface area (TPSA) is 26.0 Å². The van der Waals surface area contributed by atoms with Gasteiger partial charge in [-0.25, -0.2) is 0 Å². The zero-order chi connectivity index (χ0) is 10.4. The fourth-order valence-corrected chi connectivity index (χ4v) is 1.49. The molecule has 0 amide bonds. The molecule has 0 heterocycles. The summed E-state index contributed by atoms with van der Waals surface area (Å²) in [7, 11) is 0. The lowest BCUT2D eigenvalue weighted by molar-refractivity contribution is 1.00. The minimum Gasteiger partial charge on any atom is -0.330 e. The first-order valence-corrected chi connectivity index (χ1v) is 5.24. The van der Waals surface area contributed by atoms with E-state index in [9.17, 15) is 0 Å². The van der Waals surface area contributed by atoms with Gasteiger partial charge in [-0.15, -0.1) is 0 Å². The van der Waals surface area contributed by atoms with Gasteiger partial charge in [0.1, 0.15) is 0 Å². The molecule has 0 aliphatic carbocycles. The number of rotatable bonds is 4.